The molecule has 0 amide bonds. The van der Waals surface area contributed by atoms with E-state index < -0.39 is 0 Å². The molecular weight excluding hydrogens is 230 g/mol. The van der Waals surface area contributed by atoms with Gasteiger partial charge in [0.25, 0.3) is 0 Å². The summed E-state index contributed by atoms with van der Waals surface area (Å²) in [4.78, 5) is 0. The summed E-state index contributed by atoms with van der Waals surface area (Å²) in [5.74, 6) is 0. The van der Waals surface area contributed by atoms with Crippen molar-refractivity contribution in [3.05, 3.63) is 23.3 Å². The second-order valence-electron chi connectivity index (χ2n) is 6.53. The highest BCUT2D eigenvalue weighted by molar-refractivity contribution is 7.29. The second kappa shape index (κ2) is 4.40. The molecule has 0 radical (unpaired) electrons. The molecule has 0 nitrogen and oxygen atoms in total. The topological polar surface area (TPSA) is 0 Å². The second-order valence-corrected chi connectivity index (χ2v) is 7.77. The first-order valence-electron chi connectivity index (χ1n) is 5.73. The zero-order valence-corrected chi connectivity index (χ0v) is 13.6. The van der Waals surface area contributed by atoms with E-state index in [1.807, 2.05) is 0 Å². The van der Waals surface area contributed by atoms with E-state index in [2.05, 4.69) is 72.2 Å². The van der Waals surface area contributed by atoms with Crippen molar-refractivity contribution in [2.24, 2.45) is 0 Å². The molecule has 0 heterocycles. The summed E-state index contributed by atoms with van der Waals surface area (Å²) in [7, 11) is 5.77. The predicted molar refractivity (Wildman–Crippen MR) is 82.5 cm³/mol. The molecule has 90 valence electrons. The van der Waals surface area contributed by atoms with Crippen molar-refractivity contribution in [2.45, 2.75) is 52.4 Å². The molecule has 1 aromatic rings. The Morgan fingerprint density at radius 1 is 0.750 bits per heavy atom. The van der Waals surface area contributed by atoms with Crippen molar-refractivity contribution in [1.29, 1.82) is 0 Å². The minimum absolute atomic E-state index is 0.199. The maximum absolute atomic E-state index is 2.89. The van der Waals surface area contributed by atoms with Gasteiger partial charge in [0.15, 0.2) is 0 Å². The fraction of sp³-hybridized carbons (Fsp3) is 0.571. The van der Waals surface area contributed by atoms with Gasteiger partial charge in [0, 0.05) is 0 Å². The summed E-state index contributed by atoms with van der Waals surface area (Å²) in [6.45, 7) is 13.6. The van der Waals surface area contributed by atoms with Crippen LogP contribution >= 0.6 is 18.5 Å². The average Bonchev–Trinajstić information content (AvgIpc) is 1.97. The van der Waals surface area contributed by atoms with Gasteiger partial charge in [-0.2, -0.15) is 0 Å². The highest BCUT2D eigenvalue weighted by Crippen LogP contribution is 2.27. The third kappa shape index (κ3) is 3.06. The molecule has 0 N–H and O–H groups in total. The monoisotopic (exact) mass is 254 g/mol. The zero-order valence-electron chi connectivity index (χ0n) is 11.3. The molecule has 0 aliphatic rings. The van der Waals surface area contributed by atoms with Gasteiger partial charge in [-0.05, 0) is 32.6 Å². The van der Waals surface area contributed by atoms with Gasteiger partial charge in [0.05, 0.1) is 0 Å². The van der Waals surface area contributed by atoms with Gasteiger partial charge in [0.2, 0.25) is 0 Å². The normalized spacial score (nSPS) is 13.0. The molecule has 1 aromatic carbocycles. The van der Waals surface area contributed by atoms with E-state index in [1.54, 1.807) is 0 Å². The van der Waals surface area contributed by atoms with Gasteiger partial charge in [0.1, 0.15) is 0 Å². The first-order valence-corrected chi connectivity index (χ1v) is 6.89. The van der Waals surface area contributed by atoms with Gasteiger partial charge in [-0.15, -0.1) is 18.5 Å². The Labute approximate surface area is 105 Å². The first-order chi connectivity index (χ1) is 7.03. The summed E-state index contributed by atoms with van der Waals surface area (Å²) in [5.41, 5.74) is 3.24. The summed E-state index contributed by atoms with van der Waals surface area (Å²) in [6, 6.07) is 4.61. The third-order valence-corrected chi connectivity index (χ3v) is 3.73. The minimum Gasteiger partial charge on any atom is -0.105 e. The van der Waals surface area contributed by atoms with Crippen molar-refractivity contribution in [1.82, 2.24) is 0 Å². The molecule has 0 saturated heterocycles. The number of hydrogen-bond acceptors (Lipinski definition) is 0. The van der Waals surface area contributed by atoms with Crippen LogP contribution in [0.3, 0.4) is 0 Å². The molecule has 1 rings (SSSR count). The number of hydrogen-bond donors (Lipinski definition) is 0. The fourth-order valence-electron chi connectivity index (χ4n) is 1.99. The summed E-state index contributed by atoms with van der Waals surface area (Å²) >= 11 is 0. The molecule has 0 aliphatic heterocycles. The van der Waals surface area contributed by atoms with E-state index in [0.29, 0.717) is 0 Å². The van der Waals surface area contributed by atoms with Crippen LogP contribution in [0.1, 0.15) is 52.7 Å². The largest absolute Gasteiger partial charge is 0.105 e. The van der Waals surface area contributed by atoms with Gasteiger partial charge >= 0.3 is 0 Å². The van der Waals surface area contributed by atoms with E-state index in [1.165, 1.54) is 21.7 Å². The van der Waals surface area contributed by atoms with Crippen LogP contribution in [-0.4, -0.2) is 0 Å². The molecule has 0 saturated carbocycles. The van der Waals surface area contributed by atoms with Crippen LogP contribution in [0, 0.1) is 0 Å². The summed E-state index contributed by atoms with van der Waals surface area (Å²) < 4.78 is 0. The molecule has 0 aromatic heterocycles. The zero-order chi connectivity index (χ0) is 12.7. The SMILES string of the molecule is CC(C)(C)c1cc(P)c(C(C)(C)C)c(P)c1. The lowest BCUT2D eigenvalue weighted by molar-refractivity contribution is 0.583. The molecule has 0 bridgehead atoms. The number of rotatable bonds is 0. The van der Waals surface area contributed by atoms with Crippen LogP contribution in [0.2, 0.25) is 0 Å². The van der Waals surface area contributed by atoms with Crippen molar-refractivity contribution >= 4 is 29.1 Å². The van der Waals surface area contributed by atoms with Crippen molar-refractivity contribution in [3.63, 3.8) is 0 Å². The van der Waals surface area contributed by atoms with Crippen molar-refractivity contribution in [2.75, 3.05) is 0 Å². The molecule has 2 unspecified atom stereocenters. The highest BCUT2D eigenvalue weighted by atomic mass is 31.0. The first kappa shape index (κ1) is 14.1. The molecular formula is C14H24P2. The minimum atomic E-state index is 0.199. The van der Waals surface area contributed by atoms with Crippen LogP contribution in [0.15, 0.2) is 12.1 Å². The van der Waals surface area contributed by atoms with Crippen LogP contribution in [0.25, 0.3) is 0 Å². The molecule has 2 atom stereocenters. The summed E-state index contributed by atoms with van der Waals surface area (Å²) in [5, 5.41) is 2.65. The molecule has 16 heavy (non-hydrogen) atoms. The predicted octanol–water partition coefficient (Wildman–Crippen LogP) is 3.28. The smallest absolute Gasteiger partial charge is 0.0120 e. The van der Waals surface area contributed by atoms with Crippen molar-refractivity contribution < 1.29 is 0 Å². The van der Waals surface area contributed by atoms with Crippen LogP contribution < -0.4 is 10.6 Å². The Morgan fingerprint density at radius 3 is 1.38 bits per heavy atom. The van der Waals surface area contributed by atoms with E-state index in [0.717, 1.165) is 0 Å². The van der Waals surface area contributed by atoms with Gasteiger partial charge < -0.3 is 0 Å². The Bertz CT molecular complexity index is 369. The maximum Gasteiger partial charge on any atom is -0.0120 e. The van der Waals surface area contributed by atoms with Crippen LogP contribution in [0.4, 0.5) is 0 Å². The molecule has 0 spiro atoms. The van der Waals surface area contributed by atoms with E-state index in [9.17, 15) is 0 Å². The van der Waals surface area contributed by atoms with Crippen LogP contribution in [0.5, 0.6) is 0 Å². The Balaban J connectivity index is 3.41. The lowest BCUT2D eigenvalue weighted by Gasteiger charge is -2.27. The van der Waals surface area contributed by atoms with Crippen molar-refractivity contribution in [3.8, 4) is 0 Å². The molecule has 0 aliphatic carbocycles. The number of benzene rings is 1. The van der Waals surface area contributed by atoms with Gasteiger partial charge in [-0.1, -0.05) is 53.7 Å². The fourth-order valence-corrected chi connectivity index (χ4v) is 3.71. The standard InChI is InChI=1S/C14H24P2/c1-13(2,3)9-7-10(15)12(11(16)8-9)14(4,5)6/h7-8H,15-16H2,1-6H3. The summed E-state index contributed by atoms with van der Waals surface area (Å²) in [6.07, 6.45) is 0. The van der Waals surface area contributed by atoms with Gasteiger partial charge in [-0.3, -0.25) is 0 Å². The Kier molecular flexibility index (Phi) is 3.88. The third-order valence-electron chi connectivity index (χ3n) is 2.82. The Hall–Kier alpha value is 0.0800. The van der Waals surface area contributed by atoms with Gasteiger partial charge in [-0.25, -0.2) is 0 Å². The Morgan fingerprint density at radius 2 is 1.12 bits per heavy atom. The highest BCUT2D eigenvalue weighted by Gasteiger charge is 2.22. The quantitative estimate of drug-likeness (QED) is 0.623. The molecule has 0 fully saturated rings. The lowest BCUT2D eigenvalue weighted by atomic mass is 9.82. The van der Waals surface area contributed by atoms with Crippen LogP contribution in [-0.2, 0) is 10.8 Å². The molecule has 2 heteroatoms. The van der Waals surface area contributed by atoms with E-state index >= 15 is 0 Å². The van der Waals surface area contributed by atoms with E-state index in [4.69, 9.17) is 0 Å². The average molecular weight is 254 g/mol. The maximum atomic E-state index is 2.89. The van der Waals surface area contributed by atoms with E-state index in [-0.39, 0.29) is 10.8 Å². The lowest BCUT2D eigenvalue weighted by Crippen LogP contribution is -2.28.